The molecule has 1 amide bonds. The van der Waals surface area contributed by atoms with E-state index in [-0.39, 0.29) is 54.5 Å². The lowest BCUT2D eigenvalue weighted by Crippen LogP contribution is -2.26. The van der Waals surface area contributed by atoms with Gasteiger partial charge in [-0.25, -0.2) is 14.9 Å². The summed E-state index contributed by atoms with van der Waals surface area (Å²) in [5, 5.41) is 13.7. The number of nitrogens with zero attached hydrogens (tertiary/aromatic N) is 4. The van der Waals surface area contributed by atoms with Gasteiger partial charge in [0.2, 0.25) is 5.88 Å². The molecule has 0 bridgehead atoms. The van der Waals surface area contributed by atoms with Gasteiger partial charge in [0.05, 0.1) is 24.2 Å². The molecule has 1 aromatic carbocycles. The monoisotopic (exact) mass is 673 g/mol. The van der Waals surface area contributed by atoms with E-state index in [1.165, 1.54) is 16.8 Å². The largest absolute Gasteiger partial charge is 0.494 e. The quantitative estimate of drug-likeness (QED) is 0.0794. The Labute approximate surface area is 276 Å². The van der Waals surface area contributed by atoms with Crippen molar-refractivity contribution < 1.29 is 27.4 Å². The third kappa shape index (κ3) is 8.31. The smallest absolute Gasteiger partial charge is 0.394 e. The Hall–Kier alpha value is -3.37. The molecule has 1 aliphatic carbocycles. The molecule has 3 aromatic rings. The Balaban J connectivity index is 1.02. The summed E-state index contributed by atoms with van der Waals surface area (Å²) in [4.78, 5) is 17.8. The maximum atomic E-state index is 13.1. The highest BCUT2D eigenvalue weighted by molar-refractivity contribution is 7.98. The van der Waals surface area contributed by atoms with Gasteiger partial charge in [0.1, 0.15) is 10.9 Å². The number of ether oxygens (including phenoxy) is 2. The zero-order valence-corrected chi connectivity index (χ0v) is 27.4. The van der Waals surface area contributed by atoms with Crippen LogP contribution in [0.5, 0.6) is 11.6 Å². The summed E-state index contributed by atoms with van der Waals surface area (Å²) in [5.74, 6) is 3.91. The Morgan fingerprint density at radius 3 is 2.57 bits per heavy atom. The van der Waals surface area contributed by atoms with E-state index in [4.69, 9.17) is 21.1 Å². The lowest BCUT2D eigenvalue weighted by molar-refractivity contribution is -0.190. The van der Waals surface area contributed by atoms with Crippen molar-refractivity contribution in [2.24, 2.45) is 11.3 Å². The minimum absolute atomic E-state index is 0.0281. The fourth-order valence-corrected chi connectivity index (χ4v) is 6.80. The molecule has 2 aliphatic rings. The van der Waals surface area contributed by atoms with Crippen LogP contribution in [0.15, 0.2) is 53.6 Å². The van der Waals surface area contributed by atoms with Crippen molar-refractivity contribution in [2.45, 2.75) is 81.5 Å². The molecule has 1 aliphatic heterocycles. The Kier molecular flexibility index (Phi) is 10.5. The van der Waals surface area contributed by atoms with Crippen LogP contribution in [0.4, 0.5) is 13.2 Å². The highest BCUT2D eigenvalue weighted by atomic mass is 35.5. The van der Waals surface area contributed by atoms with Gasteiger partial charge in [0.25, 0.3) is 12.6 Å². The van der Waals surface area contributed by atoms with Gasteiger partial charge >= 0.3 is 6.18 Å². The molecule has 8 nitrogen and oxygen atoms in total. The number of alkyl halides is 3. The molecule has 1 atom stereocenters. The van der Waals surface area contributed by atoms with Gasteiger partial charge in [-0.3, -0.25) is 9.52 Å². The van der Waals surface area contributed by atoms with Gasteiger partial charge < -0.3 is 9.47 Å². The number of benzene rings is 1. The van der Waals surface area contributed by atoms with Crippen molar-refractivity contribution in [1.29, 1.82) is 5.26 Å². The number of hydrogen-bond acceptors (Lipinski definition) is 7. The zero-order chi connectivity index (χ0) is 33.0. The standard InChI is InChI=1S/C32H36BClF3N5O3S/c1-30(2)19-22(20-33(30)21-38)5-3-4-17-44-23-6-8-24(9-7-23)46-41-29(43)25-10-11-26(39-28(25)34)42-16-12-27(40-42)45-18-15-31(13-14-31)32(35,36)37/h6-12,16,22H,3-5,13-15,17-20H2,1-2H3,(H,41,43). The minimum Gasteiger partial charge on any atom is -0.494 e. The molecule has 5 rings (SSSR count). The molecule has 2 fully saturated rings. The third-order valence-electron chi connectivity index (χ3n) is 9.01. The Morgan fingerprint density at radius 1 is 1.15 bits per heavy atom. The average Bonchev–Trinajstić information content (AvgIpc) is 3.57. The number of carbonyl (C=O) groups is 1. The first kappa shape index (κ1) is 34.0. The van der Waals surface area contributed by atoms with Crippen LogP contribution in [0, 0.1) is 22.6 Å². The van der Waals surface area contributed by atoms with Crippen molar-refractivity contribution in [3.05, 3.63) is 59.4 Å². The van der Waals surface area contributed by atoms with Crippen molar-refractivity contribution in [3.63, 3.8) is 0 Å². The SMILES string of the molecule is CC1(C)CC(CCCCOc2ccc(SNC(=O)c3ccc(-n4ccc(OCCC5(C(F)(F)F)CC5)n4)nc3Cl)cc2)CB1C#N. The summed E-state index contributed by atoms with van der Waals surface area (Å²) >= 11 is 7.45. The van der Waals surface area contributed by atoms with Crippen LogP contribution in [0.25, 0.3) is 5.82 Å². The molecule has 0 spiro atoms. The predicted octanol–water partition coefficient (Wildman–Crippen LogP) is 8.38. The summed E-state index contributed by atoms with van der Waals surface area (Å²) in [6.45, 7) is 5.07. The number of nitriles is 1. The molecule has 244 valence electrons. The van der Waals surface area contributed by atoms with Crippen molar-refractivity contribution >= 4 is 36.2 Å². The predicted molar refractivity (Wildman–Crippen MR) is 172 cm³/mol. The fourth-order valence-electron chi connectivity index (χ4n) is 5.97. The normalized spacial score (nSPS) is 18.2. The van der Waals surface area contributed by atoms with E-state index < -0.39 is 17.5 Å². The van der Waals surface area contributed by atoms with E-state index in [9.17, 15) is 23.2 Å². The summed E-state index contributed by atoms with van der Waals surface area (Å²) in [6, 6.07) is 12.0. The van der Waals surface area contributed by atoms with Gasteiger partial charge in [-0.15, -0.1) is 5.10 Å². The molecule has 1 saturated carbocycles. The second-order valence-corrected chi connectivity index (χ2v) is 14.0. The summed E-state index contributed by atoms with van der Waals surface area (Å²) < 4.78 is 54.8. The number of unbranched alkanes of at least 4 members (excludes halogenated alkanes) is 1. The number of rotatable bonds is 14. The number of nitrogens with one attached hydrogen (secondary N) is 1. The summed E-state index contributed by atoms with van der Waals surface area (Å²) in [6.07, 6.45) is 2.73. The van der Waals surface area contributed by atoms with Crippen LogP contribution >= 0.6 is 23.5 Å². The number of hydrogen-bond donors (Lipinski definition) is 1. The number of pyridine rings is 1. The molecule has 1 N–H and O–H groups in total. The minimum atomic E-state index is -4.22. The van der Waals surface area contributed by atoms with Crippen molar-refractivity contribution in [2.75, 3.05) is 13.2 Å². The Morgan fingerprint density at radius 2 is 1.91 bits per heavy atom. The first-order valence-electron chi connectivity index (χ1n) is 15.4. The van der Waals surface area contributed by atoms with Crippen molar-refractivity contribution in [1.82, 2.24) is 19.5 Å². The molecule has 2 aromatic heterocycles. The summed E-state index contributed by atoms with van der Waals surface area (Å²) in [5.41, 5.74) is -1.46. The maximum absolute atomic E-state index is 13.1. The van der Waals surface area contributed by atoms with Gasteiger partial charge in [-0.1, -0.05) is 44.6 Å². The zero-order valence-electron chi connectivity index (χ0n) is 25.8. The first-order chi connectivity index (χ1) is 21.9. The molecular weight excluding hydrogens is 638 g/mol. The van der Waals surface area contributed by atoms with E-state index in [0.717, 1.165) is 54.6 Å². The highest BCUT2D eigenvalue weighted by Crippen LogP contribution is 2.59. The van der Waals surface area contributed by atoms with Gasteiger partial charge in [0, 0.05) is 23.1 Å². The molecule has 1 unspecified atom stereocenters. The average molecular weight is 674 g/mol. The molecule has 0 radical (unpaired) electrons. The Bertz CT molecular complexity index is 1560. The lowest BCUT2D eigenvalue weighted by Gasteiger charge is -2.19. The van der Waals surface area contributed by atoms with Gasteiger partial charge in [0.15, 0.2) is 5.82 Å². The number of amides is 1. The number of carbonyl (C=O) groups excluding carboxylic acids is 1. The van der Waals surface area contributed by atoms with E-state index in [2.05, 4.69) is 34.6 Å². The molecular formula is C32H36BClF3N5O3S. The van der Waals surface area contributed by atoms with Crippen LogP contribution in [0.1, 0.15) is 69.2 Å². The van der Waals surface area contributed by atoms with Crippen LogP contribution < -0.4 is 14.2 Å². The van der Waals surface area contributed by atoms with Crippen LogP contribution in [0.2, 0.25) is 16.8 Å². The van der Waals surface area contributed by atoms with Crippen molar-refractivity contribution in [3.8, 4) is 23.4 Å². The highest BCUT2D eigenvalue weighted by Gasteiger charge is 2.62. The summed E-state index contributed by atoms with van der Waals surface area (Å²) in [7, 11) is 0. The first-order valence-corrected chi connectivity index (χ1v) is 16.6. The van der Waals surface area contributed by atoms with Gasteiger partial charge in [-0.2, -0.15) is 13.2 Å². The molecule has 46 heavy (non-hydrogen) atoms. The second-order valence-electron chi connectivity index (χ2n) is 12.8. The lowest BCUT2D eigenvalue weighted by atomic mass is 9.37. The number of aromatic nitrogens is 3. The maximum Gasteiger partial charge on any atom is 0.394 e. The van der Waals surface area contributed by atoms with Gasteiger partial charge in [-0.05, 0) is 91.7 Å². The fraction of sp³-hybridized carbons (Fsp3) is 0.500. The van der Waals surface area contributed by atoms with Crippen LogP contribution in [-0.2, 0) is 0 Å². The van der Waals surface area contributed by atoms with E-state index in [0.29, 0.717) is 18.3 Å². The number of halogens is 4. The van der Waals surface area contributed by atoms with E-state index >= 15 is 0 Å². The molecule has 1 saturated heterocycles. The van der Waals surface area contributed by atoms with E-state index in [1.54, 1.807) is 12.3 Å². The van der Waals surface area contributed by atoms with Crippen LogP contribution in [0.3, 0.4) is 0 Å². The second kappa shape index (κ2) is 14.2. The molecule has 3 heterocycles. The molecule has 14 heteroatoms. The third-order valence-corrected chi connectivity index (χ3v) is 10.1. The van der Waals surface area contributed by atoms with E-state index in [1.807, 2.05) is 24.3 Å². The topological polar surface area (TPSA) is 102 Å². The van der Waals surface area contributed by atoms with Crippen LogP contribution in [-0.4, -0.2) is 46.8 Å².